The van der Waals surface area contributed by atoms with E-state index in [0.717, 1.165) is 18.9 Å². The van der Waals surface area contributed by atoms with Crippen molar-refractivity contribution in [2.24, 2.45) is 5.92 Å². The molecule has 2 heterocycles. The van der Waals surface area contributed by atoms with E-state index in [1.807, 2.05) is 0 Å². The van der Waals surface area contributed by atoms with E-state index in [-0.39, 0.29) is 15.5 Å². The second-order valence-corrected chi connectivity index (χ2v) is 6.92. The number of aromatic carboxylic acids is 1. The molecule has 1 aliphatic heterocycles. The lowest BCUT2D eigenvalue weighted by atomic mass is 10.0. The molecule has 1 saturated heterocycles. The van der Waals surface area contributed by atoms with Gasteiger partial charge in [0.15, 0.2) is 4.67 Å². The number of carboxylic acid groups (broad SMARTS) is 1. The van der Waals surface area contributed by atoms with Gasteiger partial charge < -0.3 is 14.3 Å². The molecule has 1 fully saturated rings. The summed E-state index contributed by atoms with van der Waals surface area (Å²) < 4.78 is 36.6. The number of hydrogen-bond acceptors (Lipinski definition) is 5. The highest BCUT2D eigenvalue weighted by Crippen LogP contribution is 2.26. The van der Waals surface area contributed by atoms with Crippen LogP contribution in [-0.4, -0.2) is 39.3 Å². The maximum absolute atomic E-state index is 12.1. The van der Waals surface area contributed by atoms with Gasteiger partial charge in [0.25, 0.3) is 0 Å². The number of hydrogen-bond donors (Lipinski definition) is 2. The number of carboxylic acids is 1. The molecule has 0 atom stereocenters. The van der Waals surface area contributed by atoms with Crippen LogP contribution in [0.25, 0.3) is 0 Å². The summed E-state index contributed by atoms with van der Waals surface area (Å²) in [7, 11) is -3.80. The van der Waals surface area contributed by atoms with Crippen LogP contribution in [0.3, 0.4) is 0 Å². The van der Waals surface area contributed by atoms with Crippen LogP contribution in [0.1, 0.15) is 23.4 Å². The molecule has 0 aromatic carbocycles. The van der Waals surface area contributed by atoms with E-state index < -0.39 is 21.8 Å². The Morgan fingerprint density at radius 3 is 2.65 bits per heavy atom. The zero-order valence-corrected chi connectivity index (χ0v) is 12.9. The Kier molecular flexibility index (Phi) is 4.84. The molecule has 2 N–H and O–H groups in total. The molecular weight excluding hydrogens is 354 g/mol. The zero-order valence-electron chi connectivity index (χ0n) is 10.5. The van der Waals surface area contributed by atoms with Crippen molar-refractivity contribution in [3.63, 3.8) is 0 Å². The van der Waals surface area contributed by atoms with Gasteiger partial charge in [0.2, 0.25) is 15.8 Å². The molecule has 9 heteroatoms. The molecule has 0 spiro atoms. The van der Waals surface area contributed by atoms with E-state index in [0.29, 0.717) is 19.8 Å². The van der Waals surface area contributed by atoms with Crippen molar-refractivity contribution < 1.29 is 27.5 Å². The number of ether oxygens (including phenoxy) is 1. The van der Waals surface area contributed by atoms with E-state index in [4.69, 9.17) is 14.3 Å². The Bertz CT molecular complexity index is 590. The van der Waals surface area contributed by atoms with Crippen LogP contribution in [0.15, 0.2) is 20.0 Å². The molecule has 1 aromatic rings. The molecule has 20 heavy (non-hydrogen) atoms. The maximum Gasteiger partial charge on any atom is 0.371 e. The van der Waals surface area contributed by atoms with Crippen molar-refractivity contribution in [2.45, 2.75) is 17.7 Å². The highest BCUT2D eigenvalue weighted by molar-refractivity contribution is 9.10. The smallest absolute Gasteiger partial charge is 0.371 e. The van der Waals surface area contributed by atoms with E-state index >= 15 is 0 Å². The number of halogens is 1. The van der Waals surface area contributed by atoms with Gasteiger partial charge in [0, 0.05) is 25.8 Å². The Hall–Kier alpha value is -0.900. The minimum absolute atomic E-state index is 0.116. The van der Waals surface area contributed by atoms with E-state index in [2.05, 4.69) is 20.7 Å². The highest BCUT2D eigenvalue weighted by Gasteiger charge is 2.26. The fraction of sp³-hybridized carbons (Fsp3) is 0.545. The number of furan rings is 1. The summed E-state index contributed by atoms with van der Waals surface area (Å²) in [6.07, 6.45) is 1.60. The van der Waals surface area contributed by atoms with E-state index in [1.54, 1.807) is 0 Å². The molecule has 0 saturated carbocycles. The summed E-state index contributed by atoms with van der Waals surface area (Å²) in [5.74, 6) is -1.52. The lowest BCUT2D eigenvalue weighted by Crippen LogP contribution is -2.32. The molecule has 0 amide bonds. The van der Waals surface area contributed by atoms with Gasteiger partial charge in [0.1, 0.15) is 4.90 Å². The summed E-state index contributed by atoms with van der Waals surface area (Å²) in [6.45, 7) is 1.56. The molecule has 7 nitrogen and oxygen atoms in total. The highest BCUT2D eigenvalue weighted by atomic mass is 79.9. The Morgan fingerprint density at radius 1 is 1.45 bits per heavy atom. The number of carbonyl (C=O) groups is 1. The van der Waals surface area contributed by atoms with Gasteiger partial charge in [-0.3, -0.25) is 0 Å². The van der Waals surface area contributed by atoms with Crippen LogP contribution < -0.4 is 4.72 Å². The molecule has 1 aromatic heterocycles. The molecule has 0 aliphatic carbocycles. The van der Waals surface area contributed by atoms with Crippen molar-refractivity contribution in [3.05, 3.63) is 16.5 Å². The van der Waals surface area contributed by atoms with Gasteiger partial charge in [0.05, 0.1) is 0 Å². The van der Waals surface area contributed by atoms with Crippen molar-refractivity contribution in [3.8, 4) is 0 Å². The second-order valence-electron chi connectivity index (χ2n) is 4.46. The first kappa shape index (κ1) is 15.5. The minimum atomic E-state index is -3.80. The molecule has 0 unspecified atom stereocenters. The maximum atomic E-state index is 12.1. The van der Waals surface area contributed by atoms with Crippen molar-refractivity contribution in [2.75, 3.05) is 19.8 Å². The molecule has 0 radical (unpaired) electrons. The van der Waals surface area contributed by atoms with Crippen molar-refractivity contribution >= 4 is 31.9 Å². The Balaban J connectivity index is 2.07. The minimum Gasteiger partial charge on any atom is -0.475 e. The quantitative estimate of drug-likeness (QED) is 0.815. The number of nitrogens with one attached hydrogen (secondary N) is 1. The lowest BCUT2D eigenvalue weighted by molar-refractivity contribution is 0.0660. The molecule has 0 bridgehead atoms. The summed E-state index contributed by atoms with van der Waals surface area (Å²) in [6, 6.07) is 0.985. The van der Waals surface area contributed by atoms with Crippen molar-refractivity contribution in [1.29, 1.82) is 0 Å². The first-order chi connectivity index (χ1) is 9.40. The molecule has 1 aliphatic rings. The van der Waals surface area contributed by atoms with Gasteiger partial charge in [-0.05, 0) is 34.7 Å². The normalized spacial score (nSPS) is 17.2. The van der Waals surface area contributed by atoms with Gasteiger partial charge in [-0.2, -0.15) is 0 Å². The average Bonchev–Trinajstić information content (AvgIpc) is 2.81. The van der Waals surface area contributed by atoms with Crippen molar-refractivity contribution in [1.82, 2.24) is 4.72 Å². The van der Waals surface area contributed by atoms with Gasteiger partial charge in [-0.25, -0.2) is 17.9 Å². The van der Waals surface area contributed by atoms with Crippen LogP contribution in [0, 0.1) is 5.92 Å². The summed E-state index contributed by atoms with van der Waals surface area (Å²) in [4.78, 5) is 10.5. The van der Waals surface area contributed by atoms with Crippen LogP contribution >= 0.6 is 15.9 Å². The third-order valence-corrected chi connectivity index (χ3v) is 5.34. The Labute approximate surface area is 124 Å². The average molecular weight is 368 g/mol. The van der Waals surface area contributed by atoms with Crippen LogP contribution in [0.4, 0.5) is 0 Å². The van der Waals surface area contributed by atoms with Crippen LogP contribution in [0.2, 0.25) is 0 Å². The standard InChI is InChI=1S/C11H14BrNO6S/c12-10-9(5-8(19-10)11(14)15)20(16,17)13-6-7-1-3-18-4-2-7/h5,7,13H,1-4,6H2,(H,14,15). The fourth-order valence-electron chi connectivity index (χ4n) is 1.90. The monoisotopic (exact) mass is 367 g/mol. The predicted molar refractivity (Wildman–Crippen MR) is 72.1 cm³/mol. The zero-order chi connectivity index (χ0) is 14.8. The first-order valence-corrected chi connectivity index (χ1v) is 8.28. The predicted octanol–water partition coefficient (Wildman–Crippen LogP) is 1.45. The topological polar surface area (TPSA) is 106 Å². The molecular formula is C11H14BrNO6S. The third-order valence-electron chi connectivity index (χ3n) is 3.06. The first-order valence-electron chi connectivity index (χ1n) is 6.00. The third kappa shape index (κ3) is 3.60. The van der Waals surface area contributed by atoms with E-state index in [9.17, 15) is 13.2 Å². The number of rotatable bonds is 5. The molecule has 2 rings (SSSR count). The van der Waals surface area contributed by atoms with Gasteiger partial charge in [-0.15, -0.1) is 0 Å². The number of sulfonamides is 1. The van der Waals surface area contributed by atoms with Crippen LogP contribution in [-0.2, 0) is 14.8 Å². The molecule has 112 valence electrons. The van der Waals surface area contributed by atoms with Gasteiger partial charge >= 0.3 is 5.97 Å². The van der Waals surface area contributed by atoms with E-state index in [1.165, 1.54) is 0 Å². The van der Waals surface area contributed by atoms with Gasteiger partial charge in [-0.1, -0.05) is 0 Å². The van der Waals surface area contributed by atoms with Crippen LogP contribution in [0.5, 0.6) is 0 Å². The summed E-state index contributed by atoms with van der Waals surface area (Å²) in [5.41, 5.74) is 0. The SMILES string of the molecule is O=C(O)c1cc(S(=O)(=O)NCC2CCOCC2)c(Br)o1. The lowest BCUT2D eigenvalue weighted by Gasteiger charge is -2.21. The largest absolute Gasteiger partial charge is 0.475 e. The second kappa shape index (κ2) is 6.25. The Morgan fingerprint density at radius 2 is 2.10 bits per heavy atom. The summed E-state index contributed by atoms with van der Waals surface area (Å²) >= 11 is 2.92. The fourth-order valence-corrected chi connectivity index (χ4v) is 3.95. The summed E-state index contributed by atoms with van der Waals surface area (Å²) in [5, 5.41) is 8.78.